The molecule has 144 valence electrons. The molecule has 3 aromatic rings. The van der Waals surface area contributed by atoms with E-state index in [1.165, 1.54) is 5.69 Å². The number of aromatic amines is 1. The second kappa shape index (κ2) is 8.12. The first-order valence-electron chi connectivity index (χ1n) is 8.97. The Morgan fingerprint density at radius 3 is 2.43 bits per heavy atom. The molecule has 1 aliphatic rings. The lowest BCUT2D eigenvalue weighted by Crippen LogP contribution is -2.50. The van der Waals surface area contributed by atoms with Gasteiger partial charge in [-0.15, -0.1) is 0 Å². The summed E-state index contributed by atoms with van der Waals surface area (Å²) < 4.78 is 0. The van der Waals surface area contributed by atoms with Crippen molar-refractivity contribution >= 4 is 40.7 Å². The lowest BCUT2D eigenvalue weighted by Gasteiger charge is -2.35. The molecule has 1 fully saturated rings. The standard InChI is InChI=1S/C20H19Cl2N5O/c21-16-7-6-14(12-17(16)22)18-13-19(25-24-18)23-20(28)27-10-8-26(9-11-27)15-4-2-1-3-5-15/h1-7,12-13H,8-11H2,(H2,23,24,25,28). The summed E-state index contributed by atoms with van der Waals surface area (Å²) in [6.07, 6.45) is 0. The summed E-state index contributed by atoms with van der Waals surface area (Å²) in [7, 11) is 0. The minimum Gasteiger partial charge on any atom is -0.368 e. The molecule has 2 amide bonds. The summed E-state index contributed by atoms with van der Waals surface area (Å²) in [4.78, 5) is 16.6. The van der Waals surface area contributed by atoms with E-state index in [0.717, 1.165) is 24.3 Å². The number of nitrogens with one attached hydrogen (secondary N) is 2. The van der Waals surface area contributed by atoms with Crippen molar-refractivity contribution in [1.82, 2.24) is 15.1 Å². The highest BCUT2D eigenvalue weighted by Gasteiger charge is 2.22. The maximum absolute atomic E-state index is 12.6. The fourth-order valence-corrected chi connectivity index (χ4v) is 3.49. The summed E-state index contributed by atoms with van der Waals surface area (Å²) >= 11 is 12.0. The van der Waals surface area contributed by atoms with Crippen molar-refractivity contribution in [3.05, 3.63) is 64.6 Å². The third-order valence-electron chi connectivity index (χ3n) is 4.73. The summed E-state index contributed by atoms with van der Waals surface area (Å²) in [5.74, 6) is 0.469. The predicted molar refractivity (Wildman–Crippen MR) is 113 cm³/mol. The number of rotatable bonds is 3. The number of amides is 2. The number of anilines is 2. The maximum atomic E-state index is 12.6. The molecule has 4 rings (SSSR count). The van der Waals surface area contributed by atoms with Crippen LogP contribution in [0.15, 0.2) is 54.6 Å². The number of hydrogen-bond acceptors (Lipinski definition) is 3. The highest BCUT2D eigenvalue weighted by atomic mass is 35.5. The summed E-state index contributed by atoms with van der Waals surface area (Å²) in [5.41, 5.74) is 2.78. The van der Waals surface area contributed by atoms with Gasteiger partial charge in [-0.25, -0.2) is 4.79 Å². The highest BCUT2D eigenvalue weighted by Crippen LogP contribution is 2.28. The average Bonchev–Trinajstić information content (AvgIpc) is 3.19. The van der Waals surface area contributed by atoms with E-state index in [2.05, 4.69) is 32.5 Å². The van der Waals surface area contributed by atoms with Crippen LogP contribution in [0.3, 0.4) is 0 Å². The van der Waals surface area contributed by atoms with Crippen LogP contribution in [0.25, 0.3) is 11.3 Å². The van der Waals surface area contributed by atoms with Gasteiger partial charge in [0, 0.05) is 43.5 Å². The van der Waals surface area contributed by atoms with Crippen LogP contribution in [0.2, 0.25) is 10.0 Å². The predicted octanol–water partition coefficient (Wildman–Crippen LogP) is 4.74. The van der Waals surface area contributed by atoms with E-state index in [4.69, 9.17) is 23.2 Å². The zero-order valence-electron chi connectivity index (χ0n) is 15.0. The van der Waals surface area contributed by atoms with Crippen LogP contribution in [0.5, 0.6) is 0 Å². The van der Waals surface area contributed by atoms with Gasteiger partial charge >= 0.3 is 6.03 Å². The number of nitrogens with zero attached hydrogens (tertiary/aromatic N) is 3. The number of piperazine rings is 1. The van der Waals surface area contributed by atoms with Gasteiger partial charge in [0.2, 0.25) is 0 Å². The average molecular weight is 416 g/mol. The van der Waals surface area contributed by atoms with E-state index < -0.39 is 0 Å². The Kier molecular flexibility index (Phi) is 5.41. The van der Waals surface area contributed by atoms with Gasteiger partial charge in [-0.2, -0.15) is 5.10 Å². The Labute approximate surface area is 173 Å². The lowest BCUT2D eigenvalue weighted by molar-refractivity contribution is 0.208. The second-order valence-electron chi connectivity index (χ2n) is 6.54. The molecule has 2 N–H and O–H groups in total. The zero-order chi connectivity index (χ0) is 19.5. The Hall–Kier alpha value is -2.70. The van der Waals surface area contributed by atoms with Gasteiger partial charge < -0.3 is 9.80 Å². The molecular weight excluding hydrogens is 397 g/mol. The molecule has 0 unspecified atom stereocenters. The van der Waals surface area contributed by atoms with Crippen LogP contribution >= 0.6 is 23.2 Å². The van der Waals surface area contributed by atoms with Gasteiger partial charge in [0.05, 0.1) is 15.7 Å². The van der Waals surface area contributed by atoms with E-state index in [1.807, 2.05) is 24.3 Å². The van der Waals surface area contributed by atoms with Gasteiger partial charge in [-0.05, 0) is 24.3 Å². The summed E-state index contributed by atoms with van der Waals surface area (Å²) in [6, 6.07) is 17.2. The molecular formula is C20H19Cl2N5O. The lowest BCUT2D eigenvalue weighted by atomic mass is 10.1. The molecule has 2 heterocycles. The van der Waals surface area contributed by atoms with Gasteiger partial charge in [-0.1, -0.05) is 47.5 Å². The van der Waals surface area contributed by atoms with Gasteiger partial charge in [-0.3, -0.25) is 10.4 Å². The van der Waals surface area contributed by atoms with Crippen molar-refractivity contribution in [2.45, 2.75) is 0 Å². The number of carbonyl (C=O) groups is 1. The third-order valence-corrected chi connectivity index (χ3v) is 5.47. The van der Waals surface area contributed by atoms with Crippen molar-refractivity contribution in [2.75, 3.05) is 36.4 Å². The monoisotopic (exact) mass is 415 g/mol. The Morgan fingerprint density at radius 2 is 1.71 bits per heavy atom. The van der Waals surface area contributed by atoms with Crippen molar-refractivity contribution in [1.29, 1.82) is 0 Å². The third kappa shape index (κ3) is 4.08. The van der Waals surface area contributed by atoms with E-state index >= 15 is 0 Å². The largest absolute Gasteiger partial charge is 0.368 e. The van der Waals surface area contributed by atoms with Crippen molar-refractivity contribution < 1.29 is 4.79 Å². The minimum absolute atomic E-state index is 0.153. The number of hydrogen-bond donors (Lipinski definition) is 2. The fraction of sp³-hybridized carbons (Fsp3) is 0.200. The number of H-pyrrole nitrogens is 1. The molecule has 0 saturated carbocycles. The number of carbonyl (C=O) groups excluding carboxylic acids is 1. The SMILES string of the molecule is O=C(Nc1cc(-c2ccc(Cl)c(Cl)c2)[nH]n1)N1CCN(c2ccccc2)CC1. The molecule has 8 heteroatoms. The van der Waals surface area contributed by atoms with Crippen molar-refractivity contribution in [3.8, 4) is 11.3 Å². The van der Waals surface area contributed by atoms with E-state index in [9.17, 15) is 4.79 Å². The van der Waals surface area contributed by atoms with Gasteiger partial charge in [0.1, 0.15) is 0 Å². The van der Waals surface area contributed by atoms with Gasteiger partial charge in [0.15, 0.2) is 5.82 Å². The molecule has 0 aliphatic carbocycles. The molecule has 2 aromatic carbocycles. The number of benzene rings is 2. The molecule has 1 aromatic heterocycles. The van der Waals surface area contributed by atoms with Crippen LogP contribution in [-0.4, -0.2) is 47.3 Å². The van der Waals surface area contributed by atoms with Crippen LogP contribution in [0.4, 0.5) is 16.3 Å². The van der Waals surface area contributed by atoms with Crippen LogP contribution in [0, 0.1) is 0 Å². The second-order valence-corrected chi connectivity index (χ2v) is 7.35. The first-order chi connectivity index (χ1) is 13.6. The molecule has 0 bridgehead atoms. The first kappa shape index (κ1) is 18.7. The van der Waals surface area contributed by atoms with Crippen LogP contribution in [0.1, 0.15) is 0 Å². The molecule has 0 spiro atoms. The quantitative estimate of drug-likeness (QED) is 0.649. The zero-order valence-corrected chi connectivity index (χ0v) is 16.5. The smallest absolute Gasteiger partial charge is 0.323 e. The van der Waals surface area contributed by atoms with Crippen LogP contribution in [-0.2, 0) is 0 Å². The molecule has 28 heavy (non-hydrogen) atoms. The van der Waals surface area contributed by atoms with Crippen LogP contribution < -0.4 is 10.2 Å². The highest BCUT2D eigenvalue weighted by molar-refractivity contribution is 6.42. The minimum atomic E-state index is -0.153. The topological polar surface area (TPSA) is 64.3 Å². The Bertz CT molecular complexity index is 968. The first-order valence-corrected chi connectivity index (χ1v) is 9.72. The molecule has 0 atom stereocenters. The number of aromatic nitrogens is 2. The molecule has 6 nitrogen and oxygen atoms in total. The fourth-order valence-electron chi connectivity index (χ4n) is 3.19. The summed E-state index contributed by atoms with van der Waals surface area (Å²) in [6.45, 7) is 2.91. The molecule has 0 radical (unpaired) electrons. The van der Waals surface area contributed by atoms with E-state index in [0.29, 0.717) is 29.0 Å². The number of halogens is 2. The maximum Gasteiger partial charge on any atom is 0.323 e. The number of para-hydroxylation sites is 1. The van der Waals surface area contributed by atoms with E-state index in [-0.39, 0.29) is 6.03 Å². The summed E-state index contributed by atoms with van der Waals surface area (Å²) in [5, 5.41) is 10.9. The van der Waals surface area contributed by atoms with E-state index in [1.54, 1.807) is 23.1 Å². The number of urea groups is 1. The van der Waals surface area contributed by atoms with Crippen molar-refractivity contribution in [3.63, 3.8) is 0 Å². The molecule has 1 saturated heterocycles. The van der Waals surface area contributed by atoms with Crippen molar-refractivity contribution in [2.24, 2.45) is 0 Å². The molecule has 1 aliphatic heterocycles. The van der Waals surface area contributed by atoms with Gasteiger partial charge in [0.25, 0.3) is 0 Å². The Balaban J connectivity index is 1.36. The normalized spacial score (nSPS) is 14.2. The Morgan fingerprint density at radius 1 is 0.964 bits per heavy atom.